The van der Waals surface area contributed by atoms with Crippen LogP contribution in [-0.4, -0.2) is 22.9 Å². The molecule has 7 heteroatoms. The molecule has 0 spiro atoms. The average molecular weight is 429 g/mol. The lowest BCUT2D eigenvalue weighted by atomic mass is 10.0. The van der Waals surface area contributed by atoms with Crippen LogP contribution in [0.25, 0.3) is 0 Å². The molecule has 1 aromatic carbocycles. The second-order valence-electron chi connectivity index (χ2n) is 7.99. The van der Waals surface area contributed by atoms with Crippen LogP contribution in [0.5, 0.6) is 0 Å². The summed E-state index contributed by atoms with van der Waals surface area (Å²) in [6, 6.07) is 7.61. The summed E-state index contributed by atoms with van der Waals surface area (Å²) < 4.78 is 0. The highest BCUT2D eigenvalue weighted by atomic mass is 32.1. The van der Waals surface area contributed by atoms with Crippen molar-refractivity contribution in [1.29, 1.82) is 0 Å². The van der Waals surface area contributed by atoms with Crippen molar-refractivity contribution in [2.45, 2.75) is 58.8 Å². The van der Waals surface area contributed by atoms with E-state index in [0.717, 1.165) is 53.8 Å². The van der Waals surface area contributed by atoms with Crippen LogP contribution in [0, 0.1) is 12.8 Å². The molecule has 0 fully saturated rings. The summed E-state index contributed by atoms with van der Waals surface area (Å²) in [4.78, 5) is 37.8. The minimum Gasteiger partial charge on any atom is -0.481 e. The number of fused-ring (bicyclic) bond motifs is 1. The maximum Gasteiger partial charge on any atom is 0.303 e. The van der Waals surface area contributed by atoms with Gasteiger partial charge >= 0.3 is 5.97 Å². The van der Waals surface area contributed by atoms with Gasteiger partial charge in [-0.25, -0.2) is 0 Å². The van der Waals surface area contributed by atoms with Crippen molar-refractivity contribution in [3.05, 3.63) is 45.8 Å². The minimum atomic E-state index is -0.920. The van der Waals surface area contributed by atoms with E-state index in [0.29, 0.717) is 10.6 Å². The third-order valence-corrected chi connectivity index (χ3v) is 6.56. The standard InChI is InChI=1S/C23H28N2O4S/c1-14(13-20(27)28)12-19(26)25-23-21(16-9-4-3-5-11-18(16)30-23)22(29)24-17-10-7-6-8-15(17)2/h6-8,10,14H,3-5,9,11-13H2,1-2H3,(H,24,29)(H,25,26)(H,27,28)/t14-/m1/s1. The quantitative estimate of drug-likeness (QED) is 0.540. The molecule has 2 aromatic rings. The number of aryl methyl sites for hydroxylation is 2. The van der Waals surface area contributed by atoms with Crippen LogP contribution in [0.1, 0.15) is 65.4 Å². The number of hydrogen-bond acceptors (Lipinski definition) is 4. The predicted molar refractivity (Wildman–Crippen MR) is 119 cm³/mol. The topological polar surface area (TPSA) is 95.5 Å². The molecule has 30 heavy (non-hydrogen) atoms. The van der Waals surface area contributed by atoms with E-state index < -0.39 is 5.97 Å². The van der Waals surface area contributed by atoms with Gasteiger partial charge in [-0.1, -0.05) is 31.5 Å². The van der Waals surface area contributed by atoms with Crippen molar-refractivity contribution in [3.8, 4) is 0 Å². The Bertz CT molecular complexity index is 951. The van der Waals surface area contributed by atoms with Gasteiger partial charge in [0.05, 0.1) is 5.56 Å². The molecule has 3 N–H and O–H groups in total. The maximum absolute atomic E-state index is 13.2. The van der Waals surface area contributed by atoms with Gasteiger partial charge in [0.15, 0.2) is 0 Å². The fraction of sp³-hybridized carbons (Fsp3) is 0.435. The molecular formula is C23H28N2O4S. The second-order valence-corrected chi connectivity index (χ2v) is 9.10. The molecule has 0 saturated heterocycles. The van der Waals surface area contributed by atoms with Gasteiger partial charge in [0.1, 0.15) is 5.00 Å². The van der Waals surface area contributed by atoms with Crippen LogP contribution in [0.3, 0.4) is 0 Å². The first-order valence-electron chi connectivity index (χ1n) is 10.4. The minimum absolute atomic E-state index is 0.0605. The summed E-state index contributed by atoms with van der Waals surface area (Å²) in [7, 11) is 0. The fourth-order valence-corrected chi connectivity index (χ4v) is 5.14. The first-order chi connectivity index (χ1) is 14.3. The highest BCUT2D eigenvalue weighted by Gasteiger charge is 2.26. The van der Waals surface area contributed by atoms with Crippen molar-refractivity contribution in [1.82, 2.24) is 0 Å². The van der Waals surface area contributed by atoms with Gasteiger partial charge in [-0.05, 0) is 55.7 Å². The summed E-state index contributed by atoms with van der Waals surface area (Å²) in [6.07, 6.45) is 5.02. The Morgan fingerprint density at radius 1 is 1.07 bits per heavy atom. The van der Waals surface area contributed by atoms with E-state index in [-0.39, 0.29) is 30.6 Å². The lowest BCUT2D eigenvalue weighted by Gasteiger charge is -2.12. The van der Waals surface area contributed by atoms with Gasteiger partial charge in [-0.15, -0.1) is 11.3 Å². The molecule has 1 aliphatic carbocycles. The lowest BCUT2D eigenvalue weighted by molar-refractivity contribution is -0.138. The van der Waals surface area contributed by atoms with Crippen LogP contribution >= 0.6 is 11.3 Å². The van der Waals surface area contributed by atoms with E-state index in [2.05, 4.69) is 10.6 Å². The van der Waals surface area contributed by atoms with Gasteiger partial charge in [0.25, 0.3) is 5.91 Å². The third kappa shape index (κ3) is 5.48. The highest BCUT2D eigenvalue weighted by Crippen LogP contribution is 2.38. The predicted octanol–water partition coefficient (Wildman–Crippen LogP) is 5.02. The number of benzene rings is 1. The van der Waals surface area contributed by atoms with Crippen molar-refractivity contribution < 1.29 is 19.5 Å². The van der Waals surface area contributed by atoms with Gasteiger partial charge in [0, 0.05) is 23.4 Å². The third-order valence-electron chi connectivity index (χ3n) is 5.35. The van der Waals surface area contributed by atoms with Crippen molar-refractivity contribution >= 4 is 39.8 Å². The largest absolute Gasteiger partial charge is 0.481 e. The Hall–Kier alpha value is -2.67. The smallest absolute Gasteiger partial charge is 0.303 e. The number of para-hydroxylation sites is 1. The number of carbonyl (C=O) groups is 3. The molecule has 0 aliphatic heterocycles. The normalized spacial score (nSPS) is 14.3. The van der Waals surface area contributed by atoms with Crippen molar-refractivity contribution in [2.75, 3.05) is 10.6 Å². The van der Waals surface area contributed by atoms with Gasteiger partial charge in [-0.3, -0.25) is 14.4 Å². The molecular weight excluding hydrogens is 400 g/mol. The molecule has 0 bridgehead atoms. The Morgan fingerprint density at radius 3 is 2.53 bits per heavy atom. The molecule has 160 valence electrons. The Morgan fingerprint density at radius 2 is 1.80 bits per heavy atom. The molecule has 2 amide bonds. The molecule has 1 atom stereocenters. The van der Waals surface area contributed by atoms with Crippen LogP contribution < -0.4 is 10.6 Å². The first kappa shape index (κ1) is 22.0. The number of amides is 2. The van der Waals surface area contributed by atoms with E-state index in [1.165, 1.54) is 11.3 Å². The average Bonchev–Trinajstić information content (AvgIpc) is 2.83. The second kappa shape index (κ2) is 9.89. The zero-order chi connectivity index (χ0) is 21.7. The first-order valence-corrected chi connectivity index (χ1v) is 11.2. The molecule has 0 radical (unpaired) electrons. The number of rotatable bonds is 7. The Kier molecular flexibility index (Phi) is 7.26. The number of carboxylic acids is 1. The molecule has 6 nitrogen and oxygen atoms in total. The summed E-state index contributed by atoms with van der Waals surface area (Å²) >= 11 is 1.48. The number of carbonyl (C=O) groups excluding carboxylic acids is 2. The number of hydrogen-bond donors (Lipinski definition) is 3. The SMILES string of the molecule is Cc1ccccc1NC(=O)c1c(NC(=O)C[C@@H](C)CC(=O)O)sc2c1CCCCC2. The van der Waals surface area contributed by atoms with Crippen LogP contribution in [-0.2, 0) is 22.4 Å². The monoisotopic (exact) mass is 428 g/mol. The summed E-state index contributed by atoms with van der Waals surface area (Å²) in [5.41, 5.74) is 3.32. The summed E-state index contributed by atoms with van der Waals surface area (Å²) in [6.45, 7) is 3.68. The zero-order valence-corrected chi connectivity index (χ0v) is 18.2. The number of anilines is 2. The summed E-state index contributed by atoms with van der Waals surface area (Å²) in [5.74, 6) is -1.66. The molecule has 1 heterocycles. The van der Waals surface area contributed by atoms with Gasteiger partial charge in [-0.2, -0.15) is 0 Å². The van der Waals surface area contributed by atoms with Crippen molar-refractivity contribution in [3.63, 3.8) is 0 Å². The number of carboxylic acid groups (broad SMARTS) is 1. The van der Waals surface area contributed by atoms with Crippen LogP contribution in [0.4, 0.5) is 10.7 Å². The maximum atomic E-state index is 13.2. The van der Waals surface area contributed by atoms with E-state index in [4.69, 9.17) is 5.11 Å². The van der Waals surface area contributed by atoms with E-state index in [1.54, 1.807) is 6.92 Å². The van der Waals surface area contributed by atoms with Crippen LogP contribution in [0.15, 0.2) is 24.3 Å². The fourth-order valence-electron chi connectivity index (χ4n) is 3.83. The number of aliphatic carboxylic acids is 1. The molecule has 0 unspecified atom stereocenters. The molecule has 1 aliphatic rings. The highest BCUT2D eigenvalue weighted by molar-refractivity contribution is 7.17. The van der Waals surface area contributed by atoms with E-state index in [9.17, 15) is 14.4 Å². The lowest BCUT2D eigenvalue weighted by Crippen LogP contribution is -2.20. The molecule has 1 aromatic heterocycles. The molecule has 0 saturated carbocycles. The summed E-state index contributed by atoms with van der Waals surface area (Å²) in [5, 5.41) is 15.4. The Balaban J connectivity index is 1.86. The number of nitrogens with one attached hydrogen (secondary N) is 2. The van der Waals surface area contributed by atoms with Gasteiger partial charge in [0.2, 0.25) is 5.91 Å². The van der Waals surface area contributed by atoms with E-state index in [1.807, 2.05) is 31.2 Å². The van der Waals surface area contributed by atoms with Crippen LogP contribution in [0.2, 0.25) is 0 Å². The molecule has 3 rings (SSSR count). The van der Waals surface area contributed by atoms with Gasteiger partial charge < -0.3 is 15.7 Å². The zero-order valence-electron chi connectivity index (χ0n) is 17.4. The number of thiophene rings is 1. The Labute approximate surface area is 180 Å². The van der Waals surface area contributed by atoms with Crippen molar-refractivity contribution in [2.24, 2.45) is 5.92 Å². The van der Waals surface area contributed by atoms with E-state index >= 15 is 0 Å².